The van der Waals surface area contributed by atoms with Crippen LogP contribution in [-0.4, -0.2) is 34.5 Å². The summed E-state index contributed by atoms with van der Waals surface area (Å²) >= 11 is 0. The van der Waals surface area contributed by atoms with Crippen LogP contribution in [0.2, 0.25) is 0 Å². The summed E-state index contributed by atoms with van der Waals surface area (Å²) < 4.78 is 0. The van der Waals surface area contributed by atoms with E-state index in [-0.39, 0.29) is 10.6 Å². The van der Waals surface area contributed by atoms with Crippen LogP contribution in [0.1, 0.15) is 26.7 Å². The topological polar surface area (TPSA) is 75.4 Å². The first-order valence-corrected chi connectivity index (χ1v) is 8.68. The number of aromatic nitrogens is 2. The third kappa shape index (κ3) is 3.55. The van der Waals surface area contributed by atoms with Gasteiger partial charge < -0.3 is 9.80 Å². The van der Waals surface area contributed by atoms with Crippen molar-refractivity contribution < 1.29 is 4.92 Å². The first kappa shape index (κ1) is 17.1. The zero-order chi connectivity index (χ0) is 17.8. The van der Waals surface area contributed by atoms with Gasteiger partial charge in [0.1, 0.15) is 6.33 Å². The highest BCUT2D eigenvalue weighted by atomic mass is 16.6. The monoisotopic (exact) mass is 341 g/mol. The second-order valence-corrected chi connectivity index (χ2v) is 6.40. The molecule has 0 N–H and O–H groups in total. The van der Waals surface area contributed by atoms with Crippen LogP contribution in [0.15, 0.2) is 36.7 Å². The summed E-state index contributed by atoms with van der Waals surface area (Å²) in [7, 11) is 0. The van der Waals surface area contributed by atoms with Crippen molar-refractivity contribution in [3.05, 3.63) is 46.8 Å². The van der Waals surface area contributed by atoms with E-state index < -0.39 is 0 Å². The summed E-state index contributed by atoms with van der Waals surface area (Å²) in [5.41, 5.74) is 0.868. The number of benzene rings is 1. The highest BCUT2D eigenvalue weighted by molar-refractivity contribution is 5.76. The molecule has 0 spiro atoms. The minimum atomic E-state index is -0.352. The molecule has 25 heavy (non-hydrogen) atoms. The number of rotatable bonds is 5. The maximum absolute atomic E-state index is 11.9. The molecule has 0 bridgehead atoms. The molecule has 1 fully saturated rings. The molecule has 0 aliphatic carbocycles. The Hall–Kier alpha value is -2.70. The molecule has 7 heteroatoms. The van der Waals surface area contributed by atoms with Crippen molar-refractivity contribution in [2.45, 2.75) is 26.7 Å². The molecule has 1 unspecified atom stereocenters. The van der Waals surface area contributed by atoms with Gasteiger partial charge in [-0.3, -0.25) is 10.1 Å². The standard InChI is InChI=1S/C18H23N5O2/c1-3-22(15-9-5-4-6-10-15)18-16(23(24)25)17(19-13-20-18)21-11-7-8-14(2)12-21/h4-6,9-10,13-14H,3,7-8,11-12H2,1-2H3. The fourth-order valence-corrected chi connectivity index (χ4v) is 3.40. The van der Waals surface area contributed by atoms with Crippen molar-refractivity contribution in [2.24, 2.45) is 5.92 Å². The van der Waals surface area contributed by atoms with Gasteiger partial charge in [-0.25, -0.2) is 9.97 Å². The highest BCUT2D eigenvalue weighted by Crippen LogP contribution is 2.38. The Bertz CT molecular complexity index is 738. The van der Waals surface area contributed by atoms with Crippen LogP contribution in [0.5, 0.6) is 0 Å². The smallest absolute Gasteiger partial charge is 0.350 e. The van der Waals surface area contributed by atoms with Crippen molar-refractivity contribution in [3.63, 3.8) is 0 Å². The second kappa shape index (κ2) is 7.46. The number of nitro groups is 1. The largest absolute Gasteiger partial charge is 0.353 e. The summed E-state index contributed by atoms with van der Waals surface area (Å²) in [5.74, 6) is 1.28. The van der Waals surface area contributed by atoms with Gasteiger partial charge in [0.25, 0.3) is 0 Å². The van der Waals surface area contributed by atoms with Crippen molar-refractivity contribution in [2.75, 3.05) is 29.4 Å². The van der Waals surface area contributed by atoms with E-state index >= 15 is 0 Å². The van der Waals surface area contributed by atoms with Gasteiger partial charge in [0.15, 0.2) is 0 Å². The average molecular weight is 341 g/mol. The van der Waals surface area contributed by atoms with Crippen LogP contribution in [0.4, 0.5) is 23.0 Å². The van der Waals surface area contributed by atoms with Crippen molar-refractivity contribution in [3.8, 4) is 0 Å². The lowest BCUT2D eigenvalue weighted by Gasteiger charge is -2.32. The molecule has 1 aromatic carbocycles. The van der Waals surface area contributed by atoms with Gasteiger partial charge in [-0.1, -0.05) is 25.1 Å². The third-order valence-corrected chi connectivity index (χ3v) is 4.56. The molecule has 3 rings (SSSR count). The Balaban J connectivity index is 2.07. The van der Waals surface area contributed by atoms with Crippen LogP contribution < -0.4 is 9.80 Å². The SMILES string of the molecule is CCN(c1ccccc1)c1ncnc(N2CCCC(C)C2)c1[N+](=O)[O-]. The van der Waals surface area contributed by atoms with E-state index in [1.807, 2.05) is 47.1 Å². The van der Waals surface area contributed by atoms with Crippen LogP contribution in [-0.2, 0) is 0 Å². The first-order chi connectivity index (χ1) is 12.1. The Kier molecular flexibility index (Phi) is 5.11. The van der Waals surface area contributed by atoms with Gasteiger partial charge in [0.2, 0.25) is 11.6 Å². The Morgan fingerprint density at radius 2 is 2.08 bits per heavy atom. The average Bonchev–Trinajstić information content (AvgIpc) is 2.63. The van der Waals surface area contributed by atoms with Gasteiger partial charge in [-0.05, 0) is 37.8 Å². The van der Waals surface area contributed by atoms with Crippen molar-refractivity contribution in [1.29, 1.82) is 0 Å². The van der Waals surface area contributed by atoms with E-state index in [2.05, 4.69) is 16.9 Å². The normalized spacial score (nSPS) is 17.4. The summed E-state index contributed by atoms with van der Waals surface area (Å²) in [4.78, 5) is 24.0. The zero-order valence-corrected chi connectivity index (χ0v) is 14.6. The number of piperidine rings is 1. The van der Waals surface area contributed by atoms with E-state index in [1.165, 1.54) is 6.33 Å². The molecule has 1 aromatic heterocycles. The molecule has 1 atom stereocenters. The molecule has 1 aliphatic rings. The molecule has 0 radical (unpaired) electrons. The van der Waals surface area contributed by atoms with E-state index in [0.29, 0.717) is 24.1 Å². The molecule has 1 saturated heterocycles. The maximum atomic E-state index is 11.9. The van der Waals surface area contributed by atoms with E-state index in [9.17, 15) is 10.1 Å². The summed E-state index contributed by atoms with van der Waals surface area (Å²) in [6.07, 6.45) is 3.60. The molecule has 2 aromatic rings. The number of anilines is 3. The molecule has 0 amide bonds. The quantitative estimate of drug-likeness (QED) is 0.608. The number of nitrogens with zero attached hydrogens (tertiary/aromatic N) is 5. The Labute approximate surface area is 147 Å². The summed E-state index contributed by atoms with van der Waals surface area (Å²) in [6, 6.07) is 9.61. The van der Waals surface area contributed by atoms with Gasteiger partial charge >= 0.3 is 5.69 Å². The summed E-state index contributed by atoms with van der Waals surface area (Å²) in [5, 5.41) is 11.9. The van der Waals surface area contributed by atoms with E-state index in [1.54, 1.807) is 0 Å². The van der Waals surface area contributed by atoms with Gasteiger partial charge in [0, 0.05) is 25.3 Å². The molecular formula is C18H23N5O2. The van der Waals surface area contributed by atoms with Crippen LogP contribution in [0, 0.1) is 16.0 Å². The fraction of sp³-hybridized carbons (Fsp3) is 0.444. The number of para-hydroxylation sites is 1. The predicted octanol–water partition coefficient (Wildman–Crippen LogP) is 3.78. The third-order valence-electron chi connectivity index (χ3n) is 4.56. The summed E-state index contributed by atoms with van der Waals surface area (Å²) in [6.45, 7) is 6.29. The van der Waals surface area contributed by atoms with Crippen LogP contribution in [0.3, 0.4) is 0 Å². The van der Waals surface area contributed by atoms with Crippen molar-refractivity contribution >= 4 is 23.0 Å². The Morgan fingerprint density at radius 3 is 2.72 bits per heavy atom. The van der Waals surface area contributed by atoms with Gasteiger partial charge in [-0.2, -0.15) is 0 Å². The number of hydrogen-bond acceptors (Lipinski definition) is 6. The lowest BCUT2D eigenvalue weighted by Crippen LogP contribution is -2.35. The molecular weight excluding hydrogens is 318 g/mol. The first-order valence-electron chi connectivity index (χ1n) is 8.68. The highest BCUT2D eigenvalue weighted by Gasteiger charge is 2.31. The van der Waals surface area contributed by atoms with Gasteiger partial charge in [0.05, 0.1) is 4.92 Å². The molecule has 132 valence electrons. The maximum Gasteiger partial charge on any atom is 0.353 e. The second-order valence-electron chi connectivity index (χ2n) is 6.40. The molecule has 0 saturated carbocycles. The lowest BCUT2D eigenvalue weighted by molar-refractivity contribution is -0.383. The molecule has 2 heterocycles. The Morgan fingerprint density at radius 1 is 1.32 bits per heavy atom. The minimum Gasteiger partial charge on any atom is -0.350 e. The van der Waals surface area contributed by atoms with Gasteiger partial charge in [-0.15, -0.1) is 0 Å². The molecule has 1 aliphatic heterocycles. The number of hydrogen-bond donors (Lipinski definition) is 0. The van der Waals surface area contributed by atoms with Crippen LogP contribution >= 0.6 is 0 Å². The minimum absolute atomic E-state index is 0.0118. The van der Waals surface area contributed by atoms with Crippen LogP contribution in [0.25, 0.3) is 0 Å². The van der Waals surface area contributed by atoms with E-state index in [4.69, 9.17) is 0 Å². The predicted molar refractivity (Wildman–Crippen MR) is 98.4 cm³/mol. The van der Waals surface area contributed by atoms with E-state index in [0.717, 1.165) is 31.6 Å². The van der Waals surface area contributed by atoms with Crippen molar-refractivity contribution in [1.82, 2.24) is 9.97 Å². The zero-order valence-electron chi connectivity index (χ0n) is 14.6. The molecule has 7 nitrogen and oxygen atoms in total. The lowest BCUT2D eigenvalue weighted by atomic mass is 10.0. The fourth-order valence-electron chi connectivity index (χ4n) is 3.40.